The molecule has 1 amide bonds. The fourth-order valence-corrected chi connectivity index (χ4v) is 1.35. The number of ether oxygens (including phenoxy) is 1. The number of hydrogen-bond acceptors (Lipinski definition) is 3. The van der Waals surface area contributed by atoms with Crippen LogP contribution in [0.15, 0.2) is 24.3 Å². The molecule has 0 radical (unpaired) electrons. The highest BCUT2D eigenvalue weighted by atomic mass is 16.5. The first-order chi connectivity index (χ1) is 8.13. The van der Waals surface area contributed by atoms with Gasteiger partial charge in [-0.2, -0.15) is 0 Å². The third kappa shape index (κ3) is 4.97. The molecular formula is C13H19NO3. The van der Waals surface area contributed by atoms with Gasteiger partial charge in [-0.15, -0.1) is 0 Å². The smallest absolute Gasteiger partial charge is 0.250 e. The monoisotopic (exact) mass is 237 g/mol. The van der Waals surface area contributed by atoms with Crippen LogP contribution >= 0.6 is 0 Å². The van der Waals surface area contributed by atoms with Crippen LogP contribution in [0.4, 0.5) is 5.69 Å². The average Bonchev–Trinajstić information content (AvgIpc) is 2.30. The lowest BCUT2D eigenvalue weighted by Crippen LogP contribution is -2.18. The van der Waals surface area contributed by atoms with Crippen LogP contribution in [-0.2, 0) is 9.53 Å². The summed E-state index contributed by atoms with van der Waals surface area (Å²) in [6, 6.07) is 7.10. The van der Waals surface area contributed by atoms with E-state index in [-0.39, 0.29) is 12.5 Å². The Bertz CT molecular complexity index is 346. The van der Waals surface area contributed by atoms with E-state index in [0.29, 0.717) is 12.3 Å². The van der Waals surface area contributed by atoms with E-state index in [9.17, 15) is 9.90 Å². The largest absolute Gasteiger partial charge is 0.389 e. The first kappa shape index (κ1) is 13.7. The normalized spacial score (nSPS) is 12.2. The van der Waals surface area contributed by atoms with Crippen LogP contribution in [-0.4, -0.2) is 24.2 Å². The van der Waals surface area contributed by atoms with Crippen molar-refractivity contribution >= 4 is 11.6 Å². The molecule has 94 valence electrons. The molecule has 1 unspecified atom stereocenters. The van der Waals surface area contributed by atoms with Gasteiger partial charge in [-0.25, -0.2) is 0 Å². The molecule has 1 aromatic carbocycles. The number of anilines is 1. The first-order valence-electron chi connectivity index (χ1n) is 5.79. The average molecular weight is 237 g/mol. The molecular weight excluding hydrogens is 218 g/mol. The number of rotatable bonds is 6. The second kappa shape index (κ2) is 7.04. The van der Waals surface area contributed by atoms with E-state index in [1.165, 1.54) is 0 Å². The lowest BCUT2D eigenvalue weighted by Gasteiger charge is -2.08. The summed E-state index contributed by atoms with van der Waals surface area (Å²) in [7, 11) is 0. The number of carbonyl (C=O) groups is 1. The van der Waals surface area contributed by atoms with Crippen molar-refractivity contribution in [2.24, 2.45) is 0 Å². The predicted molar refractivity (Wildman–Crippen MR) is 66.8 cm³/mol. The predicted octanol–water partition coefficient (Wildman–Crippen LogP) is 2.10. The molecule has 1 aromatic rings. The summed E-state index contributed by atoms with van der Waals surface area (Å²) in [5.74, 6) is -0.164. The van der Waals surface area contributed by atoms with Crippen LogP contribution in [0.2, 0.25) is 0 Å². The lowest BCUT2D eigenvalue weighted by molar-refractivity contribution is -0.120. The molecule has 0 aliphatic rings. The van der Waals surface area contributed by atoms with Crippen LogP contribution in [0, 0.1) is 0 Å². The SMILES string of the molecule is CCCOCC(=O)Nc1ccc(C(C)O)cc1. The molecule has 0 heterocycles. The quantitative estimate of drug-likeness (QED) is 0.745. The summed E-state index contributed by atoms with van der Waals surface area (Å²) in [5, 5.41) is 12.1. The van der Waals surface area contributed by atoms with E-state index < -0.39 is 6.10 Å². The minimum atomic E-state index is -0.493. The zero-order chi connectivity index (χ0) is 12.7. The van der Waals surface area contributed by atoms with Gasteiger partial charge in [0.05, 0.1) is 6.10 Å². The van der Waals surface area contributed by atoms with Gasteiger partial charge in [0.15, 0.2) is 0 Å². The van der Waals surface area contributed by atoms with Crippen LogP contribution < -0.4 is 5.32 Å². The van der Waals surface area contributed by atoms with Crippen LogP contribution in [0.25, 0.3) is 0 Å². The Morgan fingerprint density at radius 1 is 1.41 bits per heavy atom. The van der Waals surface area contributed by atoms with E-state index in [0.717, 1.165) is 12.0 Å². The zero-order valence-corrected chi connectivity index (χ0v) is 10.3. The van der Waals surface area contributed by atoms with Crippen LogP contribution in [0.3, 0.4) is 0 Å². The maximum absolute atomic E-state index is 11.4. The number of benzene rings is 1. The molecule has 0 saturated heterocycles. The molecule has 4 nitrogen and oxygen atoms in total. The molecule has 0 aliphatic carbocycles. The van der Waals surface area contributed by atoms with Crippen molar-refractivity contribution in [2.75, 3.05) is 18.5 Å². The molecule has 0 fully saturated rings. The fraction of sp³-hybridized carbons (Fsp3) is 0.462. The summed E-state index contributed by atoms with van der Waals surface area (Å²) < 4.78 is 5.13. The van der Waals surface area contributed by atoms with Crippen molar-refractivity contribution in [1.29, 1.82) is 0 Å². The molecule has 2 N–H and O–H groups in total. The van der Waals surface area contributed by atoms with Crippen molar-refractivity contribution in [3.8, 4) is 0 Å². The lowest BCUT2D eigenvalue weighted by atomic mass is 10.1. The van der Waals surface area contributed by atoms with E-state index in [2.05, 4.69) is 5.32 Å². The Kier molecular flexibility index (Phi) is 5.66. The van der Waals surface area contributed by atoms with E-state index in [4.69, 9.17) is 4.74 Å². The number of nitrogens with one attached hydrogen (secondary N) is 1. The molecule has 1 rings (SSSR count). The summed E-state index contributed by atoms with van der Waals surface area (Å²) in [6.07, 6.45) is 0.406. The topological polar surface area (TPSA) is 58.6 Å². The third-order valence-corrected chi connectivity index (χ3v) is 2.26. The summed E-state index contributed by atoms with van der Waals surface area (Å²) in [6.45, 7) is 4.36. The van der Waals surface area contributed by atoms with Gasteiger partial charge in [-0.05, 0) is 31.0 Å². The minimum Gasteiger partial charge on any atom is -0.389 e. The summed E-state index contributed by atoms with van der Waals surface area (Å²) in [4.78, 5) is 11.4. The number of carbonyl (C=O) groups excluding carboxylic acids is 1. The Morgan fingerprint density at radius 2 is 2.06 bits per heavy atom. The van der Waals surface area contributed by atoms with Crippen molar-refractivity contribution in [2.45, 2.75) is 26.4 Å². The van der Waals surface area contributed by atoms with Gasteiger partial charge in [0.2, 0.25) is 5.91 Å². The van der Waals surface area contributed by atoms with Gasteiger partial charge in [-0.1, -0.05) is 19.1 Å². The van der Waals surface area contributed by atoms with Gasteiger partial charge < -0.3 is 15.2 Å². The molecule has 0 aliphatic heterocycles. The van der Waals surface area contributed by atoms with Gasteiger partial charge in [0.1, 0.15) is 6.61 Å². The fourth-order valence-electron chi connectivity index (χ4n) is 1.35. The third-order valence-electron chi connectivity index (χ3n) is 2.26. The maximum Gasteiger partial charge on any atom is 0.250 e. The molecule has 0 spiro atoms. The summed E-state index contributed by atoms with van der Waals surface area (Å²) in [5.41, 5.74) is 1.53. The van der Waals surface area contributed by atoms with Crippen LogP contribution in [0.5, 0.6) is 0 Å². The number of aliphatic hydroxyl groups is 1. The summed E-state index contributed by atoms with van der Waals surface area (Å²) >= 11 is 0. The Labute approximate surface area is 102 Å². The van der Waals surface area contributed by atoms with Gasteiger partial charge in [0, 0.05) is 12.3 Å². The van der Waals surface area contributed by atoms with Crippen LogP contribution in [0.1, 0.15) is 31.9 Å². The Hall–Kier alpha value is -1.39. The molecule has 17 heavy (non-hydrogen) atoms. The Balaban J connectivity index is 2.43. The van der Waals surface area contributed by atoms with E-state index in [1.54, 1.807) is 31.2 Å². The molecule has 4 heteroatoms. The molecule has 1 atom stereocenters. The van der Waals surface area contributed by atoms with E-state index in [1.807, 2.05) is 6.92 Å². The van der Waals surface area contributed by atoms with Gasteiger partial charge >= 0.3 is 0 Å². The van der Waals surface area contributed by atoms with Crippen molar-refractivity contribution < 1.29 is 14.6 Å². The second-order valence-corrected chi connectivity index (χ2v) is 3.90. The van der Waals surface area contributed by atoms with E-state index >= 15 is 0 Å². The van der Waals surface area contributed by atoms with Gasteiger partial charge in [-0.3, -0.25) is 4.79 Å². The van der Waals surface area contributed by atoms with Crippen molar-refractivity contribution in [3.63, 3.8) is 0 Å². The Morgan fingerprint density at radius 3 is 2.59 bits per heavy atom. The zero-order valence-electron chi connectivity index (χ0n) is 10.3. The standard InChI is InChI=1S/C13H19NO3/c1-3-8-17-9-13(16)14-12-6-4-11(5-7-12)10(2)15/h4-7,10,15H,3,8-9H2,1-2H3,(H,14,16). The van der Waals surface area contributed by atoms with Crippen molar-refractivity contribution in [3.05, 3.63) is 29.8 Å². The number of amides is 1. The van der Waals surface area contributed by atoms with Gasteiger partial charge in [0.25, 0.3) is 0 Å². The highest BCUT2D eigenvalue weighted by Crippen LogP contribution is 2.15. The molecule has 0 bridgehead atoms. The molecule has 0 saturated carbocycles. The second-order valence-electron chi connectivity index (χ2n) is 3.90. The highest BCUT2D eigenvalue weighted by molar-refractivity contribution is 5.91. The highest BCUT2D eigenvalue weighted by Gasteiger charge is 2.03. The minimum absolute atomic E-state index is 0.0754. The first-order valence-corrected chi connectivity index (χ1v) is 5.79. The number of hydrogen-bond donors (Lipinski definition) is 2. The molecule has 0 aromatic heterocycles. The number of aliphatic hydroxyl groups excluding tert-OH is 1. The van der Waals surface area contributed by atoms with Crippen molar-refractivity contribution in [1.82, 2.24) is 0 Å². The maximum atomic E-state index is 11.4.